The smallest absolute Gasteiger partial charge is 0.406 e. The van der Waals surface area contributed by atoms with Crippen LogP contribution in [0, 0.1) is 12.7 Å². The van der Waals surface area contributed by atoms with E-state index in [1.54, 1.807) is 43.5 Å². The summed E-state index contributed by atoms with van der Waals surface area (Å²) in [5.41, 5.74) is 2.37. The first-order valence-electron chi connectivity index (χ1n) is 11.0. The highest BCUT2D eigenvalue weighted by atomic mass is 19.4. The Balaban J connectivity index is 1.58. The van der Waals surface area contributed by atoms with Crippen molar-refractivity contribution < 1.29 is 31.9 Å². The Hall–Kier alpha value is -4.48. The van der Waals surface area contributed by atoms with E-state index < -0.39 is 29.9 Å². The topological polar surface area (TPSA) is 97.6 Å². The summed E-state index contributed by atoms with van der Waals surface area (Å²) in [6.07, 6.45) is -3.38. The highest BCUT2D eigenvalue weighted by Gasteiger charge is 2.31. The summed E-state index contributed by atoms with van der Waals surface area (Å²) in [6.45, 7) is 4.53. The number of hydrogen-bond acceptors (Lipinski definition) is 5. The average Bonchev–Trinajstić information content (AvgIpc) is 3.20. The van der Waals surface area contributed by atoms with Crippen molar-refractivity contribution in [2.45, 2.75) is 33.2 Å². The number of imidazole rings is 1. The Kier molecular flexibility index (Phi) is 6.84. The number of aryl methyl sites for hydroxylation is 1. The van der Waals surface area contributed by atoms with E-state index in [1.165, 1.54) is 18.4 Å². The molecular formula is C25H21F4N5O3. The molecule has 0 bridgehead atoms. The second kappa shape index (κ2) is 9.88. The van der Waals surface area contributed by atoms with Gasteiger partial charge in [-0.2, -0.15) is 5.10 Å². The van der Waals surface area contributed by atoms with Crippen LogP contribution in [0.2, 0.25) is 0 Å². The van der Waals surface area contributed by atoms with E-state index in [9.17, 15) is 27.2 Å². The second-order valence-electron chi connectivity index (χ2n) is 8.28. The average molecular weight is 515 g/mol. The predicted octanol–water partition coefficient (Wildman–Crippen LogP) is 5.19. The molecule has 0 fully saturated rings. The number of aromatic nitrogens is 3. The van der Waals surface area contributed by atoms with Gasteiger partial charge in [0, 0.05) is 23.6 Å². The predicted molar refractivity (Wildman–Crippen MR) is 126 cm³/mol. The summed E-state index contributed by atoms with van der Waals surface area (Å²) in [6, 6.07) is 10.2. The lowest BCUT2D eigenvalue weighted by atomic mass is 10.0. The van der Waals surface area contributed by atoms with E-state index >= 15 is 0 Å². The molecular weight excluding hydrogens is 494 g/mol. The zero-order valence-corrected chi connectivity index (χ0v) is 19.9. The number of rotatable bonds is 6. The van der Waals surface area contributed by atoms with E-state index in [1.807, 2.05) is 0 Å². The largest absolute Gasteiger partial charge is 0.573 e. The molecule has 1 atom stereocenters. The van der Waals surface area contributed by atoms with Gasteiger partial charge in [-0.05, 0) is 55.8 Å². The molecule has 12 heteroatoms. The lowest BCUT2D eigenvalue weighted by molar-refractivity contribution is -0.274. The Morgan fingerprint density at radius 3 is 2.54 bits per heavy atom. The zero-order valence-electron chi connectivity index (χ0n) is 19.9. The molecule has 8 nitrogen and oxygen atoms in total. The molecule has 0 aliphatic rings. The summed E-state index contributed by atoms with van der Waals surface area (Å²) in [7, 11) is 0. The number of amides is 2. The SMILES string of the molecule is CC(=O)Nc1cn2nc(-c3ccc(C)c(C(=O)N[C@H](C)c4cc(OC(F)(F)F)ccc4F)c3)ccc2n1. The van der Waals surface area contributed by atoms with E-state index in [0.717, 1.165) is 18.2 Å². The first-order chi connectivity index (χ1) is 17.4. The van der Waals surface area contributed by atoms with Gasteiger partial charge in [-0.1, -0.05) is 12.1 Å². The van der Waals surface area contributed by atoms with Crippen LogP contribution < -0.4 is 15.4 Å². The van der Waals surface area contributed by atoms with Crippen molar-refractivity contribution in [3.63, 3.8) is 0 Å². The van der Waals surface area contributed by atoms with Crippen molar-refractivity contribution in [2.75, 3.05) is 5.32 Å². The third kappa shape index (κ3) is 6.02. The highest BCUT2D eigenvalue weighted by molar-refractivity contribution is 5.97. The van der Waals surface area contributed by atoms with E-state index in [0.29, 0.717) is 28.3 Å². The van der Waals surface area contributed by atoms with E-state index in [2.05, 4.69) is 25.5 Å². The first kappa shape index (κ1) is 25.6. The van der Waals surface area contributed by atoms with Crippen molar-refractivity contribution in [1.82, 2.24) is 19.9 Å². The highest BCUT2D eigenvalue weighted by Crippen LogP contribution is 2.28. The molecule has 0 spiro atoms. The molecule has 0 saturated heterocycles. The number of benzene rings is 2. The quantitative estimate of drug-likeness (QED) is 0.345. The van der Waals surface area contributed by atoms with Crippen LogP contribution >= 0.6 is 0 Å². The fourth-order valence-electron chi connectivity index (χ4n) is 3.71. The lowest BCUT2D eigenvalue weighted by Gasteiger charge is -2.18. The van der Waals surface area contributed by atoms with Crippen LogP contribution in [0.25, 0.3) is 16.9 Å². The van der Waals surface area contributed by atoms with Gasteiger partial charge in [0.1, 0.15) is 11.6 Å². The number of carbonyl (C=O) groups excluding carboxylic acids is 2. The van der Waals surface area contributed by atoms with Crippen molar-refractivity contribution in [3.05, 3.63) is 77.2 Å². The number of anilines is 1. The molecule has 2 N–H and O–H groups in total. The van der Waals surface area contributed by atoms with Gasteiger partial charge in [-0.3, -0.25) is 9.59 Å². The fourth-order valence-corrected chi connectivity index (χ4v) is 3.71. The Labute approximate surface area is 208 Å². The number of carbonyl (C=O) groups is 2. The number of fused-ring (bicyclic) bond motifs is 1. The molecule has 2 heterocycles. The summed E-state index contributed by atoms with van der Waals surface area (Å²) in [5.74, 6) is -1.86. The third-order valence-electron chi connectivity index (χ3n) is 5.42. The maximum Gasteiger partial charge on any atom is 0.573 e. The van der Waals surface area contributed by atoms with E-state index in [-0.39, 0.29) is 17.0 Å². The number of nitrogens with one attached hydrogen (secondary N) is 2. The number of halogens is 4. The van der Waals surface area contributed by atoms with Gasteiger partial charge in [0.2, 0.25) is 5.91 Å². The van der Waals surface area contributed by atoms with Gasteiger partial charge in [-0.15, -0.1) is 13.2 Å². The van der Waals surface area contributed by atoms with Crippen LogP contribution in [0.4, 0.5) is 23.4 Å². The summed E-state index contributed by atoms with van der Waals surface area (Å²) < 4.78 is 57.3. The Morgan fingerprint density at radius 1 is 1.08 bits per heavy atom. The van der Waals surface area contributed by atoms with Crippen LogP contribution in [0.15, 0.2) is 54.7 Å². The molecule has 0 unspecified atom stereocenters. The van der Waals surface area contributed by atoms with Crippen molar-refractivity contribution in [3.8, 4) is 17.0 Å². The van der Waals surface area contributed by atoms with Crippen molar-refractivity contribution in [1.29, 1.82) is 0 Å². The van der Waals surface area contributed by atoms with Crippen LogP contribution in [-0.2, 0) is 4.79 Å². The van der Waals surface area contributed by atoms with Gasteiger partial charge in [0.15, 0.2) is 11.5 Å². The van der Waals surface area contributed by atoms with Gasteiger partial charge >= 0.3 is 6.36 Å². The zero-order chi connectivity index (χ0) is 26.9. The third-order valence-corrected chi connectivity index (χ3v) is 5.42. The normalized spacial score (nSPS) is 12.3. The molecule has 0 saturated carbocycles. The lowest BCUT2D eigenvalue weighted by Crippen LogP contribution is -2.28. The number of ether oxygens (including phenoxy) is 1. The van der Waals surface area contributed by atoms with Crippen LogP contribution in [-0.4, -0.2) is 32.8 Å². The molecule has 4 aromatic rings. The van der Waals surface area contributed by atoms with Crippen LogP contribution in [0.5, 0.6) is 5.75 Å². The number of nitrogens with zero attached hydrogens (tertiary/aromatic N) is 3. The molecule has 192 valence electrons. The minimum Gasteiger partial charge on any atom is -0.406 e. The van der Waals surface area contributed by atoms with Gasteiger partial charge in [0.05, 0.1) is 17.9 Å². The maximum absolute atomic E-state index is 14.3. The molecule has 0 aliphatic carbocycles. The molecule has 2 amide bonds. The van der Waals surface area contributed by atoms with Gasteiger partial charge < -0.3 is 15.4 Å². The minimum absolute atomic E-state index is 0.161. The maximum atomic E-state index is 14.3. The van der Waals surface area contributed by atoms with Crippen LogP contribution in [0.3, 0.4) is 0 Å². The number of alkyl halides is 3. The minimum atomic E-state index is -4.93. The molecule has 0 aliphatic heterocycles. The van der Waals surface area contributed by atoms with Crippen LogP contribution in [0.1, 0.15) is 41.4 Å². The standard InChI is InChI=1S/C25H21F4N5O3/c1-13-4-5-16(21-8-9-23-32-22(31-15(3)35)12-34(23)33-21)10-18(13)24(36)30-14(2)19-11-17(6-7-20(19)26)37-25(27,28)29/h4-12,14H,1-3H3,(H,30,36)(H,31,35)/t14-/m1/s1. The summed E-state index contributed by atoms with van der Waals surface area (Å²) in [4.78, 5) is 28.6. The molecule has 2 aromatic heterocycles. The second-order valence-corrected chi connectivity index (χ2v) is 8.28. The van der Waals surface area contributed by atoms with Crippen molar-refractivity contribution in [2.24, 2.45) is 0 Å². The molecule has 4 rings (SSSR count). The summed E-state index contributed by atoms with van der Waals surface area (Å²) >= 11 is 0. The Bertz CT molecular complexity index is 1500. The molecule has 37 heavy (non-hydrogen) atoms. The Morgan fingerprint density at radius 2 is 1.84 bits per heavy atom. The first-order valence-corrected chi connectivity index (χ1v) is 11.0. The van der Waals surface area contributed by atoms with E-state index in [4.69, 9.17) is 0 Å². The van der Waals surface area contributed by atoms with Gasteiger partial charge in [0.25, 0.3) is 5.91 Å². The molecule has 0 radical (unpaired) electrons. The monoisotopic (exact) mass is 515 g/mol. The number of hydrogen-bond donors (Lipinski definition) is 2. The molecule has 2 aromatic carbocycles. The summed E-state index contributed by atoms with van der Waals surface area (Å²) in [5, 5.41) is 9.68. The van der Waals surface area contributed by atoms with Gasteiger partial charge in [-0.25, -0.2) is 13.9 Å². The fraction of sp³-hybridized carbons (Fsp3) is 0.200. The van der Waals surface area contributed by atoms with Crippen molar-refractivity contribution >= 4 is 23.3 Å².